The molecule has 0 saturated carbocycles. The number of benzene rings is 3. The highest BCUT2D eigenvalue weighted by molar-refractivity contribution is 9.10. The predicted molar refractivity (Wildman–Crippen MR) is 130 cm³/mol. The lowest BCUT2D eigenvalue weighted by Crippen LogP contribution is -2.54. The van der Waals surface area contributed by atoms with Crippen molar-refractivity contribution < 1.29 is 19.1 Å². The fourth-order valence-corrected chi connectivity index (χ4v) is 3.92. The summed E-state index contributed by atoms with van der Waals surface area (Å²) in [5.74, 6) is -0.777. The summed E-state index contributed by atoms with van der Waals surface area (Å²) in [5, 5.41) is 2.22. The molecule has 33 heavy (non-hydrogen) atoms. The van der Waals surface area contributed by atoms with Crippen LogP contribution in [0.4, 0.5) is 10.5 Å². The minimum absolute atomic E-state index is 0.130. The summed E-state index contributed by atoms with van der Waals surface area (Å²) in [6, 6.07) is 19.1. The zero-order valence-corrected chi connectivity index (χ0v) is 19.7. The van der Waals surface area contributed by atoms with Gasteiger partial charge in [0.25, 0.3) is 11.8 Å². The number of halogens is 1. The van der Waals surface area contributed by atoms with Gasteiger partial charge >= 0.3 is 6.03 Å². The normalized spacial score (nSPS) is 15.1. The largest absolute Gasteiger partial charge is 0.488 e. The monoisotopic (exact) mass is 504 g/mol. The van der Waals surface area contributed by atoms with Crippen molar-refractivity contribution in [3.8, 4) is 5.75 Å². The highest BCUT2D eigenvalue weighted by Gasteiger charge is 2.36. The molecule has 1 saturated heterocycles. The van der Waals surface area contributed by atoms with Crippen molar-refractivity contribution in [3.05, 3.63) is 99.0 Å². The summed E-state index contributed by atoms with van der Waals surface area (Å²) in [6.45, 7) is 4.54. The number of hydrogen-bond acceptors (Lipinski definition) is 4. The number of carbonyl (C=O) groups excluding carboxylic acids is 3. The van der Waals surface area contributed by atoms with Gasteiger partial charge in [-0.15, -0.1) is 0 Å². The van der Waals surface area contributed by atoms with Crippen LogP contribution in [0.1, 0.15) is 22.3 Å². The number of nitrogens with zero attached hydrogens (tertiary/aromatic N) is 1. The summed E-state index contributed by atoms with van der Waals surface area (Å²) in [7, 11) is 0. The van der Waals surface area contributed by atoms with Crippen molar-refractivity contribution in [2.45, 2.75) is 20.5 Å². The molecule has 1 N–H and O–H groups in total. The molecule has 0 aromatic heterocycles. The number of anilines is 1. The summed E-state index contributed by atoms with van der Waals surface area (Å²) in [4.78, 5) is 38.5. The van der Waals surface area contributed by atoms with E-state index in [-0.39, 0.29) is 5.57 Å². The Morgan fingerprint density at radius 3 is 2.39 bits per heavy atom. The van der Waals surface area contributed by atoms with Crippen LogP contribution in [0, 0.1) is 13.8 Å². The van der Waals surface area contributed by atoms with Crippen LogP contribution < -0.4 is 15.0 Å². The Morgan fingerprint density at radius 2 is 1.70 bits per heavy atom. The minimum atomic E-state index is -0.773. The van der Waals surface area contributed by atoms with E-state index >= 15 is 0 Å². The summed E-state index contributed by atoms with van der Waals surface area (Å²) in [5.41, 5.74) is 4.36. The van der Waals surface area contributed by atoms with Gasteiger partial charge in [-0.3, -0.25) is 14.9 Å². The van der Waals surface area contributed by atoms with Gasteiger partial charge in [0.2, 0.25) is 0 Å². The molecule has 0 spiro atoms. The average Bonchev–Trinajstić information content (AvgIpc) is 2.79. The molecule has 0 aliphatic carbocycles. The van der Waals surface area contributed by atoms with Crippen LogP contribution in [0.5, 0.6) is 5.75 Å². The highest BCUT2D eigenvalue weighted by atomic mass is 79.9. The lowest BCUT2D eigenvalue weighted by molar-refractivity contribution is -0.122. The number of nitrogens with one attached hydrogen (secondary N) is 1. The minimum Gasteiger partial charge on any atom is -0.488 e. The molecule has 7 heteroatoms. The number of ether oxygens (including phenoxy) is 1. The van der Waals surface area contributed by atoms with E-state index in [2.05, 4.69) is 47.2 Å². The summed E-state index contributed by atoms with van der Waals surface area (Å²) in [6.07, 6.45) is 1.46. The van der Waals surface area contributed by atoms with E-state index in [1.807, 2.05) is 6.07 Å². The molecule has 0 unspecified atom stereocenters. The Bertz CT molecular complexity index is 1280. The average molecular weight is 505 g/mol. The Kier molecular flexibility index (Phi) is 6.42. The van der Waals surface area contributed by atoms with Gasteiger partial charge in [-0.05, 0) is 82.4 Å². The molecular weight excluding hydrogens is 484 g/mol. The van der Waals surface area contributed by atoms with Gasteiger partial charge in [0.1, 0.15) is 17.9 Å². The first-order chi connectivity index (χ1) is 15.8. The molecule has 3 aromatic carbocycles. The van der Waals surface area contributed by atoms with Gasteiger partial charge < -0.3 is 4.74 Å². The van der Waals surface area contributed by atoms with Crippen molar-refractivity contribution >= 4 is 45.5 Å². The molecule has 1 fully saturated rings. The fourth-order valence-electron chi connectivity index (χ4n) is 3.41. The first-order valence-corrected chi connectivity index (χ1v) is 11.1. The lowest BCUT2D eigenvalue weighted by atomic mass is 10.1. The van der Waals surface area contributed by atoms with Crippen LogP contribution in [0.2, 0.25) is 0 Å². The molecule has 0 atom stereocenters. The van der Waals surface area contributed by atoms with Crippen LogP contribution in [0.25, 0.3) is 6.08 Å². The third kappa shape index (κ3) is 4.88. The van der Waals surface area contributed by atoms with Crippen LogP contribution in [-0.2, 0) is 16.2 Å². The molecule has 1 aliphatic rings. The number of para-hydroxylation sites is 1. The second-order valence-corrected chi connectivity index (χ2v) is 8.54. The molecule has 0 bridgehead atoms. The van der Waals surface area contributed by atoms with Gasteiger partial charge in [-0.1, -0.05) is 42.5 Å². The standard InChI is InChI=1S/C26H21BrN2O4/c1-16-8-9-19(12-17(16)2)15-33-23-11-10-18(14-22(23)27)13-21-24(30)28-26(32)29(25(21)31)20-6-4-3-5-7-20/h3-14H,15H2,1-2H3,(H,28,30,32)/b21-13+. The number of rotatable bonds is 5. The molecule has 4 amide bonds. The Hall–Kier alpha value is -3.71. The van der Waals surface area contributed by atoms with E-state index < -0.39 is 17.8 Å². The van der Waals surface area contributed by atoms with Gasteiger partial charge in [0.05, 0.1) is 10.2 Å². The molecule has 166 valence electrons. The molecule has 6 nitrogen and oxygen atoms in total. The second-order valence-electron chi connectivity index (χ2n) is 7.69. The third-order valence-electron chi connectivity index (χ3n) is 5.35. The lowest BCUT2D eigenvalue weighted by Gasteiger charge is -2.26. The van der Waals surface area contributed by atoms with E-state index in [9.17, 15) is 14.4 Å². The van der Waals surface area contributed by atoms with E-state index in [1.54, 1.807) is 48.5 Å². The smallest absolute Gasteiger partial charge is 0.335 e. The number of aryl methyl sites for hydroxylation is 2. The zero-order valence-electron chi connectivity index (χ0n) is 18.1. The third-order valence-corrected chi connectivity index (χ3v) is 5.97. The predicted octanol–water partition coefficient (Wildman–Crippen LogP) is 5.31. The second kappa shape index (κ2) is 9.42. The Morgan fingerprint density at radius 1 is 0.939 bits per heavy atom. The van der Waals surface area contributed by atoms with E-state index in [4.69, 9.17) is 4.74 Å². The maximum absolute atomic E-state index is 13.0. The van der Waals surface area contributed by atoms with Gasteiger partial charge in [0.15, 0.2) is 0 Å². The number of carbonyl (C=O) groups is 3. The van der Waals surface area contributed by atoms with E-state index in [0.29, 0.717) is 28.1 Å². The Balaban J connectivity index is 1.54. The number of imide groups is 2. The highest BCUT2D eigenvalue weighted by Crippen LogP contribution is 2.29. The first-order valence-electron chi connectivity index (χ1n) is 10.3. The van der Waals surface area contributed by atoms with Crippen LogP contribution in [0.15, 0.2) is 76.8 Å². The molecular formula is C26H21BrN2O4. The van der Waals surface area contributed by atoms with Gasteiger partial charge in [-0.25, -0.2) is 9.69 Å². The van der Waals surface area contributed by atoms with Crippen molar-refractivity contribution in [3.63, 3.8) is 0 Å². The summed E-state index contributed by atoms with van der Waals surface area (Å²) < 4.78 is 6.61. The topological polar surface area (TPSA) is 75.7 Å². The van der Waals surface area contributed by atoms with Crippen molar-refractivity contribution in [2.75, 3.05) is 4.90 Å². The number of amides is 4. The van der Waals surface area contributed by atoms with Gasteiger partial charge in [0, 0.05) is 0 Å². The Labute approximate surface area is 200 Å². The van der Waals surface area contributed by atoms with Crippen LogP contribution in [0.3, 0.4) is 0 Å². The first kappa shape index (κ1) is 22.5. The molecule has 3 aromatic rings. The molecule has 1 aliphatic heterocycles. The molecule has 4 rings (SSSR count). The van der Waals surface area contributed by atoms with Crippen molar-refractivity contribution in [2.24, 2.45) is 0 Å². The SMILES string of the molecule is Cc1ccc(COc2ccc(/C=C3\C(=O)NC(=O)N(c4ccccc4)C3=O)cc2Br)cc1C. The molecule has 1 heterocycles. The molecule has 0 radical (unpaired) electrons. The van der Waals surface area contributed by atoms with Gasteiger partial charge in [-0.2, -0.15) is 0 Å². The fraction of sp³-hybridized carbons (Fsp3) is 0.115. The van der Waals surface area contributed by atoms with Crippen molar-refractivity contribution in [1.29, 1.82) is 0 Å². The number of hydrogen-bond donors (Lipinski definition) is 1. The number of urea groups is 1. The van der Waals surface area contributed by atoms with Crippen LogP contribution in [-0.4, -0.2) is 17.8 Å². The van der Waals surface area contributed by atoms with E-state index in [1.165, 1.54) is 17.2 Å². The van der Waals surface area contributed by atoms with Crippen molar-refractivity contribution in [1.82, 2.24) is 5.32 Å². The quantitative estimate of drug-likeness (QED) is 0.377. The van der Waals surface area contributed by atoms with Crippen LogP contribution >= 0.6 is 15.9 Å². The maximum atomic E-state index is 13.0. The summed E-state index contributed by atoms with van der Waals surface area (Å²) >= 11 is 3.50. The number of barbiturate groups is 1. The maximum Gasteiger partial charge on any atom is 0.335 e. The zero-order chi connectivity index (χ0) is 23.5. The van der Waals surface area contributed by atoms with E-state index in [0.717, 1.165) is 10.5 Å².